The number of hydrogen-bond donors (Lipinski definition) is 0. The molecule has 0 saturated heterocycles. The quantitative estimate of drug-likeness (QED) is 0.558. The van der Waals surface area contributed by atoms with E-state index in [1.807, 2.05) is 25.1 Å². The van der Waals surface area contributed by atoms with Crippen LogP contribution in [0.3, 0.4) is 0 Å². The summed E-state index contributed by atoms with van der Waals surface area (Å²) in [5.74, 6) is 0.490. The molecule has 1 heterocycles. The molecule has 3 nitrogen and oxygen atoms in total. The lowest BCUT2D eigenvalue weighted by Crippen LogP contribution is -2.40. The van der Waals surface area contributed by atoms with E-state index in [4.69, 9.17) is 9.15 Å². The lowest BCUT2D eigenvalue weighted by molar-refractivity contribution is -0.149. The monoisotopic (exact) mass is 302 g/mol. The molecule has 0 aliphatic rings. The zero-order valence-electron chi connectivity index (χ0n) is 14.4. The zero-order chi connectivity index (χ0) is 16.5. The van der Waals surface area contributed by atoms with E-state index >= 15 is 0 Å². The first-order valence-electron chi connectivity index (χ1n) is 7.82. The fourth-order valence-corrected chi connectivity index (χ4v) is 2.88. The van der Waals surface area contributed by atoms with Crippen LogP contribution in [0.4, 0.5) is 0 Å². The Morgan fingerprint density at radius 3 is 2.45 bits per heavy atom. The van der Waals surface area contributed by atoms with E-state index < -0.39 is 5.41 Å². The largest absolute Gasteiger partial charge is 0.460 e. The van der Waals surface area contributed by atoms with Gasteiger partial charge in [-0.1, -0.05) is 46.8 Å². The van der Waals surface area contributed by atoms with Crippen LogP contribution in [-0.2, 0) is 4.79 Å². The van der Waals surface area contributed by atoms with E-state index in [1.54, 1.807) is 12.3 Å². The molecule has 0 saturated carbocycles. The van der Waals surface area contributed by atoms with Crippen LogP contribution in [-0.4, -0.2) is 5.97 Å². The van der Waals surface area contributed by atoms with Crippen molar-refractivity contribution in [2.24, 2.45) is 16.7 Å². The number of furan rings is 1. The average molecular weight is 302 g/mol. The summed E-state index contributed by atoms with van der Waals surface area (Å²) in [4.78, 5) is 12.9. The molecule has 0 spiro atoms. The Kier molecular flexibility index (Phi) is 4.37. The molecule has 0 aliphatic heterocycles. The SMILES string of the molecule is CC(C)C(C)(CC(C)(C)C)C(=O)Oc1cccc2ccoc12. The van der Waals surface area contributed by atoms with E-state index in [9.17, 15) is 4.79 Å². The molecule has 1 aromatic heterocycles. The smallest absolute Gasteiger partial charge is 0.317 e. The molecule has 1 aromatic carbocycles. The number of rotatable bonds is 4. The predicted molar refractivity (Wildman–Crippen MR) is 88.9 cm³/mol. The Morgan fingerprint density at radius 1 is 1.18 bits per heavy atom. The fourth-order valence-electron chi connectivity index (χ4n) is 2.88. The number of carbonyl (C=O) groups is 1. The van der Waals surface area contributed by atoms with Crippen molar-refractivity contribution in [1.29, 1.82) is 0 Å². The Balaban J connectivity index is 2.31. The van der Waals surface area contributed by atoms with Gasteiger partial charge in [0.1, 0.15) is 0 Å². The summed E-state index contributed by atoms with van der Waals surface area (Å²) in [6.07, 6.45) is 2.38. The van der Waals surface area contributed by atoms with Crippen molar-refractivity contribution in [1.82, 2.24) is 0 Å². The second-order valence-electron chi connectivity index (χ2n) is 7.79. The molecule has 0 amide bonds. The van der Waals surface area contributed by atoms with E-state index in [0.717, 1.165) is 11.8 Å². The normalized spacial score (nSPS) is 15.0. The van der Waals surface area contributed by atoms with E-state index in [2.05, 4.69) is 34.6 Å². The Morgan fingerprint density at radius 2 is 1.86 bits per heavy atom. The van der Waals surface area contributed by atoms with Crippen LogP contribution in [0, 0.1) is 16.7 Å². The van der Waals surface area contributed by atoms with Gasteiger partial charge in [-0.3, -0.25) is 4.79 Å². The number of esters is 1. The van der Waals surface area contributed by atoms with Crippen molar-refractivity contribution in [2.45, 2.75) is 48.0 Å². The van der Waals surface area contributed by atoms with Gasteiger partial charge in [0.25, 0.3) is 0 Å². The Bertz CT molecular complexity index is 661. The first-order chi connectivity index (χ1) is 10.1. The van der Waals surface area contributed by atoms with Crippen molar-refractivity contribution in [2.75, 3.05) is 0 Å². The van der Waals surface area contributed by atoms with Gasteiger partial charge in [-0.15, -0.1) is 0 Å². The summed E-state index contributed by atoms with van der Waals surface area (Å²) in [6, 6.07) is 7.45. The lowest BCUT2D eigenvalue weighted by atomic mass is 9.69. The molecule has 1 atom stereocenters. The Labute approximate surface area is 132 Å². The van der Waals surface area contributed by atoms with Gasteiger partial charge < -0.3 is 9.15 Å². The standard InChI is InChI=1S/C19H26O3/c1-13(2)19(6,12-18(3,4)5)17(20)22-15-9-7-8-14-10-11-21-16(14)15/h7-11,13H,12H2,1-6H3. The van der Waals surface area contributed by atoms with Crippen molar-refractivity contribution in [3.8, 4) is 5.75 Å². The van der Waals surface area contributed by atoms with E-state index in [1.165, 1.54) is 0 Å². The summed E-state index contributed by atoms with van der Waals surface area (Å²) < 4.78 is 11.2. The van der Waals surface area contributed by atoms with Crippen LogP contribution in [0.15, 0.2) is 34.9 Å². The summed E-state index contributed by atoms with van der Waals surface area (Å²) in [6.45, 7) is 12.6. The number of ether oxygens (including phenoxy) is 1. The molecular weight excluding hydrogens is 276 g/mol. The zero-order valence-corrected chi connectivity index (χ0v) is 14.4. The summed E-state index contributed by atoms with van der Waals surface area (Å²) in [7, 11) is 0. The second kappa shape index (κ2) is 5.79. The number of benzene rings is 1. The maximum absolute atomic E-state index is 12.9. The van der Waals surface area contributed by atoms with Gasteiger partial charge in [0.2, 0.25) is 0 Å². The third kappa shape index (κ3) is 3.34. The lowest BCUT2D eigenvalue weighted by Gasteiger charge is -2.36. The molecule has 0 radical (unpaired) electrons. The third-order valence-electron chi connectivity index (χ3n) is 4.28. The summed E-state index contributed by atoms with van der Waals surface area (Å²) >= 11 is 0. The molecule has 120 valence electrons. The molecule has 22 heavy (non-hydrogen) atoms. The topological polar surface area (TPSA) is 39.4 Å². The minimum atomic E-state index is -0.535. The molecule has 2 aromatic rings. The van der Waals surface area contributed by atoms with Crippen molar-refractivity contribution in [3.63, 3.8) is 0 Å². The van der Waals surface area contributed by atoms with Gasteiger partial charge in [-0.05, 0) is 36.8 Å². The van der Waals surface area contributed by atoms with Crippen molar-refractivity contribution < 1.29 is 13.9 Å². The Hall–Kier alpha value is -1.77. The first-order valence-corrected chi connectivity index (χ1v) is 7.82. The fraction of sp³-hybridized carbons (Fsp3) is 0.526. The molecule has 2 rings (SSSR count). The van der Waals surface area contributed by atoms with Crippen LogP contribution in [0.2, 0.25) is 0 Å². The van der Waals surface area contributed by atoms with E-state index in [-0.39, 0.29) is 17.3 Å². The highest BCUT2D eigenvalue weighted by atomic mass is 16.5. The van der Waals surface area contributed by atoms with Gasteiger partial charge in [-0.2, -0.15) is 0 Å². The number of fused-ring (bicyclic) bond motifs is 1. The van der Waals surface area contributed by atoms with Gasteiger partial charge in [0.05, 0.1) is 11.7 Å². The molecule has 0 N–H and O–H groups in total. The molecule has 1 unspecified atom stereocenters. The van der Waals surface area contributed by atoms with Crippen molar-refractivity contribution >= 4 is 16.9 Å². The van der Waals surface area contributed by atoms with Crippen LogP contribution >= 0.6 is 0 Å². The van der Waals surface area contributed by atoms with Gasteiger partial charge in [0.15, 0.2) is 11.3 Å². The van der Waals surface area contributed by atoms with Gasteiger partial charge in [0, 0.05) is 5.39 Å². The average Bonchev–Trinajstić information content (AvgIpc) is 2.85. The van der Waals surface area contributed by atoms with Gasteiger partial charge in [-0.25, -0.2) is 0 Å². The highest BCUT2D eigenvalue weighted by Gasteiger charge is 2.41. The van der Waals surface area contributed by atoms with Crippen LogP contribution in [0.25, 0.3) is 11.0 Å². The molecule has 0 fully saturated rings. The maximum Gasteiger partial charge on any atom is 0.317 e. The molecule has 0 aliphatic carbocycles. The van der Waals surface area contributed by atoms with Crippen LogP contribution in [0.5, 0.6) is 5.75 Å². The highest BCUT2D eigenvalue weighted by molar-refractivity contribution is 5.87. The first kappa shape index (κ1) is 16.6. The number of carbonyl (C=O) groups excluding carboxylic acids is 1. The van der Waals surface area contributed by atoms with Crippen LogP contribution in [0.1, 0.15) is 48.0 Å². The minimum absolute atomic E-state index is 0.0503. The molecular formula is C19H26O3. The minimum Gasteiger partial charge on any atom is -0.460 e. The maximum atomic E-state index is 12.9. The molecule has 0 bridgehead atoms. The number of para-hydroxylation sites is 1. The van der Waals surface area contributed by atoms with Crippen molar-refractivity contribution in [3.05, 3.63) is 30.5 Å². The second-order valence-corrected chi connectivity index (χ2v) is 7.79. The van der Waals surface area contributed by atoms with Crippen LogP contribution < -0.4 is 4.74 Å². The van der Waals surface area contributed by atoms with E-state index in [0.29, 0.717) is 11.3 Å². The molecule has 3 heteroatoms. The summed E-state index contributed by atoms with van der Waals surface area (Å²) in [5, 5.41) is 0.937. The highest BCUT2D eigenvalue weighted by Crippen LogP contribution is 2.41. The predicted octanol–water partition coefficient (Wildman–Crippen LogP) is 5.44. The third-order valence-corrected chi connectivity index (χ3v) is 4.28. The van der Waals surface area contributed by atoms with Gasteiger partial charge >= 0.3 is 5.97 Å². The summed E-state index contributed by atoms with van der Waals surface area (Å²) in [5.41, 5.74) is 0.138. The number of hydrogen-bond acceptors (Lipinski definition) is 3.